The Balaban J connectivity index is 2.08. The number of hydrogen-bond acceptors (Lipinski definition) is 4. The lowest BCUT2D eigenvalue weighted by Crippen LogP contribution is -2.58. The molecule has 1 aromatic carbocycles. The predicted molar refractivity (Wildman–Crippen MR) is 77.9 cm³/mol. The van der Waals surface area contributed by atoms with Crippen LogP contribution in [-0.2, 0) is 0 Å². The molecule has 0 saturated heterocycles. The maximum Gasteiger partial charge on any atom is 0.438 e. The number of hydrogen-bond donors (Lipinski definition) is 2. The SMILES string of the molecule is CC1=NN(C(=O)N/N=C/c2ccc(C)cc2)C(O)(C(F)(F)F)C1. The van der Waals surface area contributed by atoms with Gasteiger partial charge in [0, 0.05) is 12.1 Å². The van der Waals surface area contributed by atoms with Crippen LogP contribution in [0.4, 0.5) is 18.0 Å². The van der Waals surface area contributed by atoms with Gasteiger partial charge >= 0.3 is 12.2 Å². The first-order valence-electron chi connectivity index (χ1n) is 6.66. The average molecular weight is 328 g/mol. The van der Waals surface area contributed by atoms with E-state index in [2.05, 4.69) is 10.2 Å². The van der Waals surface area contributed by atoms with Crippen molar-refractivity contribution in [2.75, 3.05) is 0 Å². The summed E-state index contributed by atoms with van der Waals surface area (Å²) in [7, 11) is 0. The third kappa shape index (κ3) is 3.50. The molecule has 1 atom stereocenters. The molecule has 0 aliphatic carbocycles. The Kier molecular flexibility index (Phi) is 4.42. The van der Waals surface area contributed by atoms with Gasteiger partial charge in [-0.15, -0.1) is 0 Å². The number of carbonyl (C=O) groups excluding carboxylic acids is 1. The summed E-state index contributed by atoms with van der Waals surface area (Å²) in [6, 6.07) is 5.83. The molecule has 1 heterocycles. The van der Waals surface area contributed by atoms with Crippen molar-refractivity contribution in [3.8, 4) is 0 Å². The normalized spacial score (nSPS) is 21.7. The molecule has 124 valence electrons. The molecule has 1 aromatic rings. The molecule has 0 bridgehead atoms. The number of nitrogens with zero attached hydrogens (tertiary/aromatic N) is 3. The molecule has 0 aromatic heterocycles. The minimum Gasteiger partial charge on any atom is -0.362 e. The molecular weight excluding hydrogens is 313 g/mol. The van der Waals surface area contributed by atoms with E-state index >= 15 is 0 Å². The van der Waals surface area contributed by atoms with Crippen LogP contribution in [0, 0.1) is 6.92 Å². The van der Waals surface area contributed by atoms with Crippen molar-refractivity contribution >= 4 is 18.0 Å². The van der Waals surface area contributed by atoms with Gasteiger partial charge in [-0.2, -0.15) is 28.4 Å². The van der Waals surface area contributed by atoms with E-state index in [0.29, 0.717) is 5.56 Å². The number of alkyl halides is 3. The lowest BCUT2D eigenvalue weighted by atomic mass is 10.1. The van der Waals surface area contributed by atoms with Crippen LogP contribution in [0.2, 0.25) is 0 Å². The van der Waals surface area contributed by atoms with Gasteiger partial charge < -0.3 is 5.11 Å². The fraction of sp³-hybridized carbons (Fsp3) is 0.357. The van der Waals surface area contributed by atoms with Gasteiger partial charge in [0.05, 0.1) is 6.21 Å². The summed E-state index contributed by atoms with van der Waals surface area (Å²) < 4.78 is 38.9. The van der Waals surface area contributed by atoms with Crippen molar-refractivity contribution in [2.24, 2.45) is 10.2 Å². The summed E-state index contributed by atoms with van der Waals surface area (Å²) in [6.45, 7) is 3.19. The Hall–Kier alpha value is -2.42. The highest BCUT2D eigenvalue weighted by molar-refractivity contribution is 5.89. The van der Waals surface area contributed by atoms with Crippen LogP contribution >= 0.6 is 0 Å². The number of benzene rings is 1. The van der Waals surface area contributed by atoms with Gasteiger partial charge in [-0.25, -0.2) is 10.2 Å². The molecule has 0 spiro atoms. The molecule has 6 nitrogen and oxygen atoms in total. The molecule has 1 aliphatic heterocycles. The Morgan fingerprint density at radius 2 is 2.00 bits per heavy atom. The van der Waals surface area contributed by atoms with Crippen LogP contribution in [0.5, 0.6) is 0 Å². The highest BCUT2D eigenvalue weighted by atomic mass is 19.4. The third-order valence-corrected chi connectivity index (χ3v) is 3.22. The Labute approximate surface area is 130 Å². The van der Waals surface area contributed by atoms with Crippen LogP contribution < -0.4 is 5.43 Å². The number of carbonyl (C=O) groups is 1. The lowest BCUT2D eigenvalue weighted by molar-refractivity contribution is -0.297. The van der Waals surface area contributed by atoms with E-state index in [1.807, 2.05) is 24.5 Å². The van der Waals surface area contributed by atoms with E-state index in [1.54, 1.807) is 12.1 Å². The number of urea groups is 1. The summed E-state index contributed by atoms with van der Waals surface area (Å²) in [5.41, 5.74) is 0.239. The van der Waals surface area contributed by atoms with Gasteiger partial charge in [-0.1, -0.05) is 29.8 Å². The van der Waals surface area contributed by atoms with Crippen molar-refractivity contribution in [1.82, 2.24) is 10.4 Å². The van der Waals surface area contributed by atoms with Crippen LogP contribution in [0.15, 0.2) is 34.5 Å². The molecule has 9 heteroatoms. The van der Waals surface area contributed by atoms with E-state index < -0.39 is 24.4 Å². The first-order chi connectivity index (χ1) is 10.6. The maximum atomic E-state index is 13.0. The first kappa shape index (κ1) is 16.9. The van der Waals surface area contributed by atoms with E-state index in [9.17, 15) is 23.1 Å². The molecule has 23 heavy (non-hydrogen) atoms. The topological polar surface area (TPSA) is 77.3 Å². The number of aryl methyl sites for hydroxylation is 1. The van der Waals surface area contributed by atoms with E-state index in [1.165, 1.54) is 13.1 Å². The number of halogens is 3. The fourth-order valence-electron chi connectivity index (χ4n) is 2.02. The van der Waals surface area contributed by atoms with Crippen LogP contribution in [0.3, 0.4) is 0 Å². The number of hydrazone groups is 2. The van der Waals surface area contributed by atoms with E-state index in [-0.39, 0.29) is 10.7 Å². The van der Waals surface area contributed by atoms with Crippen molar-refractivity contribution in [1.29, 1.82) is 0 Å². The second kappa shape index (κ2) is 5.99. The Bertz CT molecular complexity index is 655. The summed E-state index contributed by atoms with van der Waals surface area (Å²) in [4.78, 5) is 11.8. The number of aliphatic hydroxyl groups is 1. The van der Waals surface area contributed by atoms with E-state index in [0.717, 1.165) is 5.56 Å². The minimum absolute atomic E-state index is 0.0116. The Morgan fingerprint density at radius 1 is 1.39 bits per heavy atom. The summed E-state index contributed by atoms with van der Waals surface area (Å²) in [5.74, 6) is 0. The first-order valence-corrected chi connectivity index (χ1v) is 6.66. The molecule has 2 N–H and O–H groups in total. The van der Waals surface area contributed by atoms with Crippen molar-refractivity contribution in [3.05, 3.63) is 35.4 Å². The molecule has 1 unspecified atom stereocenters. The van der Waals surface area contributed by atoms with Gasteiger partial charge in [0.25, 0.3) is 5.72 Å². The standard InChI is InChI=1S/C14H15F3N4O2/c1-9-3-5-11(6-4-9)8-18-19-12(22)21-13(23,14(15,16)17)7-10(2)20-21/h3-6,8,23H,7H2,1-2H3,(H,19,22)/b18-8+. The zero-order valence-electron chi connectivity index (χ0n) is 12.4. The largest absolute Gasteiger partial charge is 0.438 e. The molecule has 2 rings (SSSR count). The summed E-state index contributed by atoms with van der Waals surface area (Å²) in [5, 5.41) is 16.7. The molecule has 1 aliphatic rings. The molecule has 0 radical (unpaired) electrons. The van der Waals surface area contributed by atoms with E-state index in [4.69, 9.17) is 0 Å². The highest BCUT2D eigenvalue weighted by Crippen LogP contribution is 2.40. The van der Waals surface area contributed by atoms with Crippen molar-refractivity contribution in [3.63, 3.8) is 0 Å². The molecular formula is C14H15F3N4O2. The number of nitrogens with one attached hydrogen (secondary N) is 1. The number of amides is 2. The van der Waals surface area contributed by atoms with Gasteiger partial charge in [0.15, 0.2) is 0 Å². The predicted octanol–water partition coefficient (Wildman–Crippen LogP) is 2.37. The van der Waals surface area contributed by atoms with Gasteiger partial charge in [0.2, 0.25) is 0 Å². The third-order valence-electron chi connectivity index (χ3n) is 3.22. The summed E-state index contributed by atoms with van der Waals surface area (Å²) in [6.07, 6.45) is -4.56. The van der Waals surface area contributed by atoms with Gasteiger partial charge in [0.1, 0.15) is 0 Å². The summed E-state index contributed by atoms with van der Waals surface area (Å²) >= 11 is 0. The second-order valence-electron chi connectivity index (χ2n) is 5.22. The monoisotopic (exact) mass is 328 g/mol. The van der Waals surface area contributed by atoms with Crippen molar-refractivity contribution < 1.29 is 23.1 Å². The quantitative estimate of drug-likeness (QED) is 0.646. The molecule has 0 fully saturated rings. The zero-order chi connectivity index (χ0) is 17.3. The van der Waals surface area contributed by atoms with Crippen LogP contribution in [-0.4, -0.2) is 40.0 Å². The number of rotatable bonds is 2. The van der Waals surface area contributed by atoms with Crippen LogP contribution in [0.1, 0.15) is 24.5 Å². The van der Waals surface area contributed by atoms with Crippen molar-refractivity contribution in [2.45, 2.75) is 32.2 Å². The minimum atomic E-state index is -5.04. The average Bonchev–Trinajstić information content (AvgIpc) is 2.77. The molecule has 2 amide bonds. The van der Waals surface area contributed by atoms with Gasteiger partial charge in [-0.3, -0.25) is 0 Å². The highest BCUT2D eigenvalue weighted by Gasteiger charge is 2.62. The maximum absolute atomic E-state index is 13.0. The Morgan fingerprint density at radius 3 is 2.57 bits per heavy atom. The smallest absolute Gasteiger partial charge is 0.362 e. The lowest BCUT2D eigenvalue weighted by Gasteiger charge is -2.31. The van der Waals surface area contributed by atoms with Crippen LogP contribution in [0.25, 0.3) is 0 Å². The van der Waals surface area contributed by atoms with Gasteiger partial charge in [-0.05, 0) is 19.4 Å². The zero-order valence-corrected chi connectivity index (χ0v) is 12.4. The second-order valence-corrected chi connectivity index (χ2v) is 5.22. The fourth-order valence-corrected chi connectivity index (χ4v) is 2.02. The molecule has 0 saturated carbocycles.